The fraction of sp³-hybridized carbons (Fsp3) is 0.333. The van der Waals surface area contributed by atoms with Crippen molar-refractivity contribution in [2.45, 2.75) is 25.9 Å². The van der Waals surface area contributed by atoms with E-state index in [0.717, 1.165) is 17.8 Å². The lowest BCUT2D eigenvalue weighted by Gasteiger charge is -2.16. The van der Waals surface area contributed by atoms with Crippen molar-refractivity contribution in [1.29, 1.82) is 0 Å². The third-order valence-corrected chi connectivity index (χ3v) is 3.72. The van der Waals surface area contributed by atoms with Crippen LogP contribution >= 0.6 is 0 Å². The molecule has 0 saturated heterocycles. The number of amides is 1. The van der Waals surface area contributed by atoms with Gasteiger partial charge in [-0.25, -0.2) is 9.67 Å². The predicted octanol–water partition coefficient (Wildman–Crippen LogP) is 0.731. The Kier molecular flexibility index (Phi) is 4.59. The summed E-state index contributed by atoms with van der Waals surface area (Å²) >= 11 is 0. The number of rotatable bonds is 6. The van der Waals surface area contributed by atoms with Gasteiger partial charge in [-0.05, 0) is 34.5 Å². The van der Waals surface area contributed by atoms with Crippen molar-refractivity contribution in [2.24, 2.45) is 7.05 Å². The highest BCUT2D eigenvalue weighted by Crippen LogP contribution is 2.14. The Morgan fingerprint density at radius 3 is 2.67 bits per heavy atom. The number of aryl methyl sites for hydroxylation is 1. The van der Waals surface area contributed by atoms with Gasteiger partial charge >= 0.3 is 0 Å². The molecule has 0 aliphatic carbocycles. The second-order valence-corrected chi connectivity index (χ2v) is 5.38. The number of benzene rings is 1. The summed E-state index contributed by atoms with van der Waals surface area (Å²) in [7, 11) is 1.81. The number of nitrogens with zero attached hydrogens (tertiary/aromatic N) is 7. The molecule has 0 aliphatic rings. The van der Waals surface area contributed by atoms with E-state index in [4.69, 9.17) is 0 Å². The van der Waals surface area contributed by atoms with Gasteiger partial charge in [-0.3, -0.25) is 9.48 Å². The Hall–Kier alpha value is -3.10. The normalized spacial score (nSPS) is 12.1. The van der Waals surface area contributed by atoms with Crippen LogP contribution in [0.1, 0.15) is 41.1 Å². The number of carbonyl (C=O) groups is 1. The number of nitrogens with one attached hydrogen (secondary N) is 1. The van der Waals surface area contributed by atoms with Crippen LogP contribution in [0.15, 0.2) is 36.9 Å². The molecule has 0 aliphatic heterocycles. The molecule has 9 heteroatoms. The number of carbonyl (C=O) groups excluding carboxylic acids is 1. The highest BCUT2D eigenvalue weighted by Gasteiger charge is 2.18. The molecule has 0 bridgehead atoms. The van der Waals surface area contributed by atoms with Gasteiger partial charge in [-0.15, -0.1) is 5.10 Å². The van der Waals surface area contributed by atoms with Crippen LogP contribution in [0.25, 0.3) is 0 Å². The fourth-order valence-corrected chi connectivity index (χ4v) is 2.41. The maximum Gasteiger partial charge on any atom is 0.251 e. The summed E-state index contributed by atoms with van der Waals surface area (Å²) in [4.78, 5) is 16.6. The van der Waals surface area contributed by atoms with Crippen LogP contribution in [0.2, 0.25) is 0 Å². The molecule has 1 unspecified atom stereocenters. The van der Waals surface area contributed by atoms with E-state index in [9.17, 15) is 4.79 Å². The lowest BCUT2D eigenvalue weighted by atomic mass is 10.1. The van der Waals surface area contributed by atoms with Gasteiger partial charge in [0.1, 0.15) is 18.5 Å². The molecule has 1 N–H and O–H groups in total. The Balaban J connectivity index is 1.67. The van der Waals surface area contributed by atoms with Crippen molar-refractivity contribution in [3.8, 4) is 0 Å². The number of hydrogen-bond acceptors (Lipinski definition) is 6. The SMILES string of the molecule is CCC(NC(=O)c1ccc(Cn2cnnn2)cc1)c1ncnn1C. The average molecular weight is 326 g/mol. The largest absolute Gasteiger partial charge is 0.342 e. The van der Waals surface area contributed by atoms with Crippen molar-refractivity contribution < 1.29 is 4.79 Å². The zero-order valence-corrected chi connectivity index (χ0v) is 13.5. The molecule has 0 radical (unpaired) electrons. The molecule has 0 fully saturated rings. The lowest BCUT2D eigenvalue weighted by Crippen LogP contribution is -2.30. The van der Waals surface area contributed by atoms with E-state index in [1.54, 1.807) is 27.8 Å². The minimum absolute atomic E-state index is 0.140. The first kappa shape index (κ1) is 15.8. The maximum absolute atomic E-state index is 12.4. The van der Waals surface area contributed by atoms with E-state index in [0.29, 0.717) is 12.1 Å². The van der Waals surface area contributed by atoms with Crippen molar-refractivity contribution in [3.63, 3.8) is 0 Å². The van der Waals surface area contributed by atoms with Crippen LogP contribution in [0.5, 0.6) is 0 Å². The molecule has 2 heterocycles. The third kappa shape index (κ3) is 3.45. The standard InChI is InChI=1S/C15H18N8O/c1-3-13(14-16-9-18-22(14)2)19-15(24)12-6-4-11(5-7-12)8-23-10-17-20-21-23/h4-7,9-10,13H,3,8H2,1-2H3,(H,19,24). The molecule has 1 amide bonds. The topological polar surface area (TPSA) is 103 Å². The van der Waals surface area contributed by atoms with Gasteiger partial charge in [-0.1, -0.05) is 19.1 Å². The van der Waals surface area contributed by atoms with Crippen molar-refractivity contribution in [2.75, 3.05) is 0 Å². The van der Waals surface area contributed by atoms with E-state index in [1.165, 1.54) is 6.33 Å². The zero-order chi connectivity index (χ0) is 16.9. The minimum Gasteiger partial charge on any atom is -0.342 e. The smallest absolute Gasteiger partial charge is 0.251 e. The average Bonchev–Trinajstić information content (AvgIpc) is 3.25. The highest BCUT2D eigenvalue weighted by molar-refractivity contribution is 5.94. The first-order valence-corrected chi connectivity index (χ1v) is 7.62. The van der Waals surface area contributed by atoms with Gasteiger partial charge in [-0.2, -0.15) is 5.10 Å². The Morgan fingerprint density at radius 2 is 2.08 bits per heavy atom. The second-order valence-electron chi connectivity index (χ2n) is 5.38. The number of tetrazole rings is 1. The van der Waals surface area contributed by atoms with E-state index >= 15 is 0 Å². The first-order valence-electron chi connectivity index (χ1n) is 7.62. The molecule has 0 saturated carbocycles. The van der Waals surface area contributed by atoms with Crippen LogP contribution < -0.4 is 5.32 Å². The van der Waals surface area contributed by atoms with Crippen LogP contribution in [0, 0.1) is 0 Å². The Bertz CT molecular complexity index is 793. The van der Waals surface area contributed by atoms with E-state index in [2.05, 4.69) is 30.9 Å². The van der Waals surface area contributed by atoms with Gasteiger partial charge in [0.2, 0.25) is 0 Å². The molecule has 3 aromatic rings. The maximum atomic E-state index is 12.4. The second kappa shape index (κ2) is 6.99. The molecule has 2 aromatic heterocycles. The van der Waals surface area contributed by atoms with Crippen molar-refractivity contribution in [3.05, 3.63) is 53.9 Å². The number of aromatic nitrogens is 7. The predicted molar refractivity (Wildman–Crippen MR) is 84.9 cm³/mol. The quantitative estimate of drug-likeness (QED) is 0.716. The molecular weight excluding hydrogens is 308 g/mol. The Morgan fingerprint density at radius 1 is 1.29 bits per heavy atom. The summed E-state index contributed by atoms with van der Waals surface area (Å²) in [6, 6.07) is 7.18. The van der Waals surface area contributed by atoms with Gasteiger partial charge in [0.15, 0.2) is 0 Å². The highest BCUT2D eigenvalue weighted by atomic mass is 16.1. The molecule has 0 spiro atoms. The summed E-state index contributed by atoms with van der Waals surface area (Å²) in [5.74, 6) is 0.597. The zero-order valence-electron chi connectivity index (χ0n) is 13.5. The minimum atomic E-state index is -0.175. The monoisotopic (exact) mass is 326 g/mol. The van der Waals surface area contributed by atoms with Crippen molar-refractivity contribution in [1.82, 2.24) is 40.3 Å². The van der Waals surface area contributed by atoms with Gasteiger partial charge < -0.3 is 5.32 Å². The summed E-state index contributed by atoms with van der Waals surface area (Å²) < 4.78 is 3.29. The summed E-state index contributed by atoms with van der Waals surface area (Å²) in [5, 5.41) is 18.0. The van der Waals surface area contributed by atoms with Crippen LogP contribution in [-0.4, -0.2) is 40.9 Å². The van der Waals surface area contributed by atoms with E-state index < -0.39 is 0 Å². The molecule has 9 nitrogen and oxygen atoms in total. The van der Waals surface area contributed by atoms with E-state index in [1.807, 2.05) is 26.1 Å². The lowest BCUT2D eigenvalue weighted by molar-refractivity contribution is 0.0933. The summed E-state index contributed by atoms with van der Waals surface area (Å²) in [6.07, 6.45) is 3.76. The van der Waals surface area contributed by atoms with Gasteiger partial charge in [0.05, 0.1) is 12.6 Å². The summed E-state index contributed by atoms with van der Waals surface area (Å²) in [6.45, 7) is 2.56. The summed E-state index contributed by atoms with van der Waals surface area (Å²) in [5.41, 5.74) is 1.61. The van der Waals surface area contributed by atoms with Gasteiger partial charge in [0, 0.05) is 12.6 Å². The van der Waals surface area contributed by atoms with Gasteiger partial charge in [0.25, 0.3) is 5.91 Å². The molecule has 1 atom stereocenters. The molecule has 124 valence electrons. The molecular formula is C15H18N8O. The molecule has 24 heavy (non-hydrogen) atoms. The fourth-order valence-electron chi connectivity index (χ4n) is 2.41. The Labute approximate surface area is 138 Å². The van der Waals surface area contributed by atoms with Crippen molar-refractivity contribution >= 4 is 5.91 Å². The number of hydrogen-bond donors (Lipinski definition) is 1. The third-order valence-electron chi connectivity index (χ3n) is 3.72. The molecule has 1 aromatic carbocycles. The van der Waals surface area contributed by atoms with Crippen LogP contribution in [0.4, 0.5) is 0 Å². The first-order chi connectivity index (χ1) is 11.7. The van der Waals surface area contributed by atoms with Crippen LogP contribution in [-0.2, 0) is 13.6 Å². The van der Waals surface area contributed by atoms with Crippen LogP contribution in [0.3, 0.4) is 0 Å². The van der Waals surface area contributed by atoms with E-state index in [-0.39, 0.29) is 11.9 Å². The molecule has 3 rings (SSSR count).